The molecule has 0 atom stereocenters. The van der Waals surface area contributed by atoms with Gasteiger partial charge in [-0.15, -0.1) is 0 Å². The molecule has 0 unspecified atom stereocenters. The molecule has 0 heterocycles. The Bertz CT molecular complexity index is 681. The van der Waals surface area contributed by atoms with Crippen LogP contribution in [0.3, 0.4) is 0 Å². The summed E-state index contributed by atoms with van der Waals surface area (Å²) in [5.74, 6) is 0.697. The van der Waals surface area contributed by atoms with Gasteiger partial charge in [-0.1, -0.05) is 12.1 Å². The van der Waals surface area contributed by atoms with Gasteiger partial charge in [0, 0.05) is 18.7 Å². The van der Waals surface area contributed by atoms with Crippen LogP contribution in [-0.4, -0.2) is 25.8 Å². The number of methoxy groups -OCH3 is 1. The van der Waals surface area contributed by atoms with E-state index in [2.05, 4.69) is 34.9 Å². The van der Waals surface area contributed by atoms with E-state index in [1.54, 1.807) is 13.3 Å². The number of nitrogens with zero attached hydrogens (tertiary/aromatic N) is 1. The molecule has 5 nitrogen and oxygen atoms in total. The molecular formula is C19H23N3O2. The van der Waals surface area contributed by atoms with Gasteiger partial charge < -0.3 is 10.1 Å². The van der Waals surface area contributed by atoms with Crippen molar-refractivity contribution in [1.82, 2.24) is 5.43 Å². The molecule has 0 bridgehead atoms. The van der Waals surface area contributed by atoms with E-state index in [9.17, 15) is 4.79 Å². The van der Waals surface area contributed by atoms with E-state index in [1.165, 1.54) is 5.56 Å². The lowest BCUT2D eigenvalue weighted by molar-refractivity contribution is -0.121. The monoisotopic (exact) mass is 325 g/mol. The van der Waals surface area contributed by atoms with Crippen LogP contribution in [0.5, 0.6) is 5.75 Å². The fraction of sp³-hybridized carbons (Fsp3) is 0.263. The molecule has 2 N–H and O–H groups in total. The SMILES string of the molecule is COc1ccc(C=NNC(=O)CCCNc2cccc(C)c2)cc1. The number of hydrogen-bond donors (Lipinski definition) is 2. The fourth-order valence-corrected chi connectivity index (χ4v) is 2.16. The Hall–Kier alpha value is -2.82. The first-order chi connectivity index (χ1) is 11.7. The highest BCUT2D eigenvalue weighted by Crippen LogP contribution is 2.10. The standard InChI is InChI=1S/C19H23N3O2/c1-15-5-3-6-17(13-15)20-12-4-7-19(23)22-21-14-16-8-10-18(24-2)11-9-16/h3,5-6,8-11,13-14,20H,4,7,12H2,1-2H3,(H,22,23). The molecule has 126 valence electrons. The maximum Gasteiger partial charge on any atom is 0.240 e. The van der Waals surface area contributed by atoms with Crippen molar-refractivity contribution in [2.24, 2.45) is 5.10 Å². The number of amides is 1. The molecule has 0 saturated heterocycles. The van der Waals surface area contributed by atoms with Gasteiger partial charge in [-0.2, -0.15) is 5.10 Å². The van der Waals surface area contributed by atoms with E-state index in [1.807, 2.05) is 36.4 Å². The third kappa shape index (κ3) is 6.12. The average molecular weight is 325 g/mol. The van der Waals surface area contributed by atoms with Gasteiger partial charge in [0.2, 0.25) is 5.91 Å². The molecule has 2 rings (SSSR count). The van der Waals surface area contributed by atoms with Crippen LogP contribution in [0.4, 0.5) is 5.69 Å². The lowest BCUT2D eigenvalue weighted by Gasteiger charge is -2.06. The van der Waals surface area contributed by atoms with Crippen LogP contribution in [-0.2, 0) is 4.79 Å². The summed E-state index contributed by atoms with van der Waals surface area (Å²) in [6.07, 6.45) is 2.79. The molecule has 5 heteroatoms. The molecule has 0 radical (unpaired) electrons. The lowest BCUT2D eigenvalue weighted by atomic mass is 10.2. The summed E-state index contributed by atoms with van der Waals surface area (Å²) in [6.45, 7) is 2.80. The van der Waals surface area contributed by atoms with E-state index in [0.29, 0.717) is 6.42 Å². The van der Waals surface area contributed by atoms with Crippen LogP contribution in [0.25, 0.3) is 0 Å². The van der Waals surface area contributed by atoms with Crippen molar-refractivity contribution in [3.63, 3.8) is 0 Å². The lowest BCUT2D eigenvalue weighted by Crippen LogP contribution is -2.18. The topological polar surface area (TPSA) is 62.7 Å². The van der Waals surface area contributed by atoms with Gasteiger partial charge >= 0.3 is 0 Å². The molecule has 2 aromatic rings. The largest absolute Gasteiger partial charge is 0.497 e. The first-order valence-corrected chi connectivity index (χ1v) is 7.94. The highest BCUT2D eigenvalue weighted by molar-refractivity contribution is 5.82. The second kappa shape index (κ2) is 9.35. The number of ether oxygens (including phenoxy) is 1. The van der Waals surface area contributed by atoms with Gasteiger partial charge in [0.1, 0.15) is 5.75 Å². The van der Waals surface area contributed by atoms with Crippen LogP contribution in [0.2, 0.25) is 0 Å². The summed E-state index contributed by atoms with van der Waals surface area (Å²) in [6, 6.07) is 15.6. The van der Waals surface area contributed by atoms with Crippen molar-refractivity contribution in [1.29, 1.82) is 0 Å². The molecule has 0 saturated carbocycles. The van der Waals surface area contributed by atoms with Gasteiger partial charge in [-0.25, -0.2) is 5.43 Å². The molecule has 0 spiro atoms. The second-order valence-corrected chi connectivity index (χ2v) is 5.47. The zero-order valence-corrected chi connectivity index (χ0v) is 14.1. The zero-order valence-electron chi connectivity index (χ0n) is 14.1. The number of hydrogen-bond acceptors (Lipinski definition) is 4. The molecular weight excluding hydrogens is 302 g/mol. The van der Waals surface area contributed by atoms with E-state index in [0.717, 1.165) is 30.0 Å². The van der Waals surface area contributed by atoms with E-state index >= 15 is 0 Å². The molecule has 0 aromatic heterocycles. The number of benzene rings is 2. The molecule has 0 aliphatic rings. The van der Waals surface area contributed by atoms with Crippen LogP contribution < -0.4 is 15.5 Å². The summed E-state index contributed by atoms with van der Waals surface area (Å²) in [7, 11) is 1.62. The fourth-order valence-electron chi connectivity index (χ4n) is 2.16. The number of carbonyl (C=O) groups excluding carboxylic acids is 1. The third-order valence-electron chi connectivity index (χ3n) is 3.45. The number of rotatable bonds is 8. The highest BCUT2D eigenvalue weighted by atomic mass is 16.5. The quantitative estimate of drug-likeness (QED) is 0.444. The van der Waals surface area contributed by atoms with Crippen molar-refractivity contribution in [3.05, 3.63) is 59.7 Å². The molecule has 2 aromatic carbocycles. The summed E-state index contributed by atoms with van der Waals surface area (Å²) < 4.78 is 5.09. The maximum absolute atomic E-state index is 11.7. The number of nitrogens with one attached hydrogen (secondary N) is 2. The Labute approximate surface area is 142 Å². The van der Waals surface area contributed by atoms with Crippen LogP contribution in [0.15, 0.2) is 53.6 Å². The normalized spacial score (nSPS) is 10.6. The Balaban J connectivity index is 1.64. The summed E-state index contributed by atoms with van der Waals surface area (Å²) in [4.78, 5) is 11.7. The summed E-state index contributed by atoms with van der Waals surface area (Å²) in [5.41, 5.74) is 5.73. The Morgan fingerprint density at radius 3 is 2.71 bits per heavy atom. The smallest absolute Gasteiger partial charge is 0.240 e. The van der Waals surface area contributed by atoms with Gasteiger partial charge in [0.25, 0.3) is 0 Å². The number of aryl methyl sites for hydroxylation is 1. The Morgan fingerprint density at radius 1 is 1.21 bits per heavy atom. The minimum Gasteiger partial charge on any atom is -0.497 e. The van der Waals surface area contributed by atoms with Crippen LogP contribution >= 0.6 is 0 Å². The minimum absolute atomic E-state index is 0.0918. The van der Waals surface area contributed by atoms with Gasteiger partial charge in [0.15, 0.2) is 0 Å². The zero-order chi connectivity index (χ0) is 17.2. The molecule has 0 aliphatic heterocycles. The van der Waals surface area contributed by atoms with Crippen molar-refractivity contribution >= 4 is 17.8 Å². The summed E-state index contributed by atoms with van der Waals surface area (Å²) in [5, 5.41) is 7.26. The molecule has 0 aliphatic carbocycles. The van der Waals surface area contributed by atoms with Gasteiger partial charge in [0.05, 0.1) is 13.3 Å². The van der Waals surface area contributed by atoms with Crippen LogP contribution in [0.1, 0.15) is 24.0 Å². The Kier molecular flexibility index (Phi) is 6.83. The van der Waals surface area contributed by atoms with Crippen molar-refractivity contribution in [3.8, 4) is 5.75 Å². The predicted molar refractivity (Wildman–Crippen MR) is 97.6 cm³/mol. The third-order valence-corrected chi connectivity index (χ3v) is 3.45. The summed E-state index contributed by atoms with van der Waals surface area (Å²) >= 11 is 0. The molecule has 1 amide bonds. The number of anilines is 1. The number of carbonyl (C=O) groups is 1. The first-order valence-electron chi connectivity index (χ1n) is 7.94. The second-order valence-electron chi connectivity index (χ2n) is 5.47. The molecule has 0 fully saturated rings. The van der Waals surface area contributed by atoms with E-state index in [4.69, 9.17) is 4.74 Å². The van der Waals surface area contributed by atoms with E-state index < -0.39 is 0 Å². The van der Waals surface area contributed by atoms with Crippen LogP contribution in [0, 0.1) is 6.92 Å². The highest BCUT2D eigenvalue weighted by Gasteiger charge is 1.99. The maximum atomic E-state index is 11.7. The predicted octanol–water partition coefficient (Wildman–Crippen LogP) is 3.35. The van der Waals surface area contributed by atoms with E-state index in [-0.39, 0.29) is 5.91 Å². The van der Waals surface area contributed by atoms with Crippen molar-refractivity contribution in [2.75, 3.05) is 19.0 Å². The Morgan fingerprint density at radius 2 is 2.00 bits per heavy atom. The van der Waals surface area contributed by atoms with Crippen molar-refractivity contribution < 1.29 is 9.53 Å². The van der Waals surface area contributed by atoms with Gasteiger partial charge in [-0.05, 0) is 60.9 Å². The first kappa shape index (κ1) is 17.5. The van der Waals surface area contributed by atoms with Crippen molar-refractivity contribution in [2.45, 2.75) is 19.8 Å². The number of hydrazone groups is 1. The average Bonchev–Trinajstić information content (AvgIpc) is 2.59. The minimum atomic E-state index is -0.0918. The van der Waals surface area contributed by atoms with Gasteiger partial charge in [-0.3, -0.25) is 4.79 Å². The molecule has 24 heavy (non-hydrogen) atoms.